The van der Waals surface area contributed by atoms with Gasteiger partial charge >= 0.3 is 0 Å². The first-order valence-corrected chi connectivity index (χ1v) is 8.71. The average Bonchev–Trinajstić information content (AvgIpc) is 3.17. The van der Waals surface area contributed by atoms with Crippen molar-refractivity contribution in [1.29, 1.82) is 0 Å². The number of amides is 1. The number of carbonyl (C=O) groups excluding carboxylic acids is 1. The molecule has 1 aromatic heterocycles. The Balaban J connectivity index is 1.49. The fraction of sp³-hybridized carbons (Fsp3) is 0.200. The van der Waals surface area contributed by atoms with Crippen molar-refractivity contribution in [2.24, 2.45) is 0 Å². The summed E-state index contributed by atoms with van der Waals surface area (Å²) in [6, 6.07) is 12.2. The van der Waals surface area contributed by atoms with Crippen LogP contribution in [0.5, 0.6) is 0 Å². The van der Waals surface area contributed by atoms with Gasteiger partial charge in [0.15, 0.2) is 0 Å². The lowest BCUT2D eigenvalue weighted by atomic mass is 10.2. The summed E-state index contributed by atoms with van der Waals surface area (Å²) >= 11 is 0. The molecule has 4 rings (SSSR count). The van der Waals surface area contributed by atoms with Crippen LogP contribution in [0.15, 0.2) is 60.9 Å². The molecule has 1 fully saturated rings. The van der Waals surface area contributed by atoms with Gasteiger partial charge in [-0.15, -0.1) is 0 Å². The predicted octanol–water partition coefficient (Wildman–Crippen LogP) is 3.11. The van der Waals surface area contributed by atoms with Gasteiger partial charge in [-0.05, 0) is 30.3 Å². The zero-order valence-electron chi connectivity index (χ0n) is 14.6. The first-order valence-electron chi connectivity index (χ1n) is 8.71. The van der Waals surface area contributed by atoms with Crippen LogP contribution in [0.4, 0.5) is 14.7 Å². The number of aromatic nitrogens is 2. The maximum Gasteiger partial charge on any atom is 0.254 e. The number of hydrogen-bond donors (Lipinski definition) is 0. The van der Waals surface area contributed by atoms with Crippen molar-refractivity contribution in [1.82, 2.24) is 14.5 Å². The molecule has 2 aromatic carbocycles. The number of anilines is 1. The van der Waals surface area contributed by atoms with Gasteiger partial charge in [0, 0.05) is 44.1 Å². The van der Waals surface area contributed by atoms with Crippen molar-refractivity contribution in [2.45, 2.75) is 0 Å². The van der Waals surface area contributed by atoms with Crippen LogP contribution < -0.4 is 4.90 Å². The summed E-state index contributed by atoms with van der Waals surface area (Å²) in [7, 11) is 0. The van der Waals surface area contributed by atoms with Gasteiger partial charge in [-0.25, -0.2) is 13.8 Å². The number of carbonyl (C=O) groups is 1. The van der Waals surface area contributed by atoms with Crippen LogP contribution in [0.2, 0.25) is 0 Å². The van der Waals surface area contributed by atoms with Crippen LogP contribution in [0.25, 0.3) is 5.69 Å². The molecule has 2 heterocycles. The molecule has 0 atom stereocenters. The van der Waals surface area contributed by atoms with Gasteiger partial charge in [0.05, 0.1) is 5.69 Å². The lowest BCUT2D eigenvalue weighted by molar-refractivity contribution is 0.0745. The van der Waals surface area contributed by atoms with E-state index in [1.165, 1.54) is 24.3 Å². The van der Waals surface area contributed by atoms with Gasteiger partial charge in [0.25, 0.3) is 5.91 Å². The first-order chi connectivity index (χ1) is 13.1. The molecule has 3 aromatic rings. The van der Waals surface area contributed by atoms with Crippen LogP contribution in [0.3, 0.4) is 0 Å². The third-order valence-corrected chi connectivity index (χ3v) is 4.65. The van der Waals surface area contributed by atoms with Crippen molar-refractivity contribution in [2.75, 3.05) is 31.1 Å². The Kier molecular flexibility index (Phi) is 4.58. The Labute approximate surface area is 155 Å². The molecule has 1 saturated heterocycles. The van der Waals surface area contributed by atoms with Gasteiger partial charge in [-0.2, -0.15) is 0 Å². The van der Waals surface area contributed by atoms with Crippen molar-refractivity contribution in [3.05, 3.63) is 78.1 Å². The molecule has 1 amide bonds. The summed E-state index contributed by atoms with van der Waals surface area (Å²) in [6.45, 7) is 2.10. The number of para-hydroxylation sites is 1. The van der Waals surface area contributed by atoms with E-state index in [1.807, 2.05) is 4.90 Å². The Morgan fingerprint density at radius 3 is 2.48 bits per heavy atom. The highest BCUT2D eigenvalue weighted by atomic mass is 19.1. The maximum absolute atomic E-state index is 14.1. The van der Waals surface area contributed by atoms with E-state index in [0.717, 1.165) is 0 Å². The summed E-state index contributed by atoms with van der Waals surface area (Å²) in [6.07, 6.45) is 3.35. The molecule has 0 saturated carbocycles. The zero-order valence-corrected chi connectivity index (χ0v) is 14.6. The van der Waals surface area contributed by atoms with E-state index in [4.69, 9.17) is 0 Å². The molecule has 1 aliphatic heterocycles. The number of benzene rings is 2. The molecule has 0 unspecified atom stereocenters. The summed E-state index contributed by atoms with van der Waals surface area (Å²) in [4.78, 5) is 20.6. The van der Waals surface area contributed by atoms with Crippen LogP contribution in [-0.4, -0.2) is 46.5 Å². The zero-order chi connectivity index (χ0) is 18.8. The lowest BCUT2D eigenvalue weighted by Gasteiger charge is -2.35. The van der Waals surface area contributed by atoms with Crippen LogP contribution in [-0.2, 0) is 0 Å². The van der Waals surface area contributed by atoms with Crippen LogP contribution in [0.1, 0.15) is 10.4 Å². The van der Waals surface area contributed by atoms with Crippen molar-refractivity contribution >= 4 is 11.9 Å². The standard InChI is InChI=1S/C20H18F2N4O/c21-16-5-3-4-15(14-16)19(27)24-10-12-25(13-11-24)20-23-8-9-26(20)18-7-2-1-6-17(18)22/h1-9,14H,10-13H2. The molecule has 27 heavy (non-hydrogen) atoms. The van der Waals surface area contributed by atoms with E-state index in [1.54, 1.807) is 46.1 Å². The van der Waals surface area contributed by atoms with E-state index in [9.17, 15) is 13.6 Å². The number of rotatable bonds is 3. The molecule has 0 bridgehead atoms. The Morgan fingerprint density at radius 2 is 1.74 bits per heavy atom. The normalized spacial score (nSPS) is 14.4. The van der Waals surface area contributed by atoms with Gasteiger partial charge < -0.3 is 9.80 Å². The quantitative estimate of drug-likeness (QED) is 0.713. The summed E-state index contributed by atoms with van der Waals surface area (Å²) < 4.78 is 29.2. The van der Waals surface area contributed by atoms with Gasteiger partial charge in [0.1, 0.15) is 11.6 Å². The minimum Gasteiger partial charge on any atom is -0.338 e. The molecule has 7 heteroatoms. The van der Waals surface area contributed by atoms with Crippen molar-refractivity contribution in [3.63, 3.8) is 0 Å². The summed E-state index contributed by atoms with van der Waals surface area (Å²) in [5.41, 5.74) is 0.777. The number of imidazole rings is 1. The van der Waals surface area contributed by atoms with E-state index in [0.29, 0.717) is 43.4 Å². The molecule has 0 aliphatic carbocycles. The van der Waals surface area contributed by atoms with Crippen LogP contribution in [0, 0.1) is 11.6 Å². The number of hydrogen-bond acceptors (Lipinski definition) is 3. The van der Waals surface area contributed by atoms with Gasteiger partial charge in [-0.3, -0.25) is 9.36 Å². The van der Waals surface area contributed by atoms with E-state index in [-0.39, 0.29) is 11.7 Å². The third-order valence-electron chi connectivity index (χ3n) is 4.65. The number of nitrogens with zero attached hydrogens (tertiary/aromatic N) is 4. The highest BCUT2D eigenvalue weighted by Gasteiger charge is 2.25. The lowest BCUT2D eigenvalue weighted by Crippen LogP contribution is -2.49. The average molecular weight is 368 g/mol. The minimum absolute atomic E-state index is 0.188. The smallest absolute Gasteiger partial charge is 0.254 e. The topological polar surface area (TPSA) is 41.4 Å². The first kappa shape index (κ1) is 17.2. The number of piperazine rings is 1. The van der Waals surface area contributed by atoms with Crippen molar-refractivity contribution in [3.8, 4) is 5.69 Å². The second kappa shape index (κ2) is 7.19. The second-order valence-electron chi connectivity index (χ2n) is 6.34. The molecular weight excluding hydrogens is 350 g/mol. The Bertz CT molecular complexity index is 964. The molecule has 0 spiro atoms. The van der Waals surface area contributed by atoms with Crippen LogP contribution >= 0.6 is 0 Å². The van der Waals surface area contributed by atoms with E-state index >= 15 is 0 Å². The molecule has 0 radical (unpaired) electrons. The minimum atomic E-state index is -0.425. The molecule has 0 N–H and O–H groups in total. The fourth-order valence-corrected chi connectivity index (χ4v) is 3.28. The third kappa shape index (κ3) is 3.40. The maximum atomic E-state index is 14.1. The van der Waals surface area contributed by atoms with Gasteiger partial charge in [0.2, 0.25) is 5.95 Å². The Morgan fingerprint density at radius 1 is 0.963 bits per heavy atom. The number of halogens is 2. The van der Waals surface area contributed by atoms with Crippen molar-refractivity contribution < 1.29 is 13.6 Å². The summed E-state index contributed by atoms with van der Waals surface area (Å²) in [5, 5.41) is 0. The summed E-state index contributed by atoms with van der Waals surface area (Å²) in [5.74, 6) is -0.299. The predicted molar refractivity (Wildman–Crippen MR) is 98.0 cm³/mol. The second-order valence-corrected chi connectivity index (χ2v) is 6.34. The van der Waals surface area contributed by atoms with E-state index in [2.05, 4.69) is 4.98 Å². The molecule has 138 valence electrons. The van der Waals surface area contributed by atoms with Gasteiger partial charge in [-0.1, -0.05) is 18.2 Å². The molecule has 5 nitrogen and oxygen atoms in total. The highest BCUT2D eigenvalue weighted by molar-refractivity contribution is 5.94. The Hall–Kier alpha value is -3.22. The fourth-order valence-electron chi connectivity index (χ4n) is 3.28. The molecule has 1 aliphatic rings. The van der Waals surface area contributed by atoms with E-state index < -0.39 is 5.82 Å². The highest BCUT2D eigenvalue weighted by Crippen LogP contribution is 2.22. The SMILES string of the molecule is O=C(c1cccc(F)c1)N1CCN(c2nccn2-c2ccccc2F)CC1. The molecular formula is C20H18F2N4O. The monoisotopic (exact) mass is 368 g/mol. The largest absolute Gasteiger partial charge is 0.338 e.